The highest BCUT2D eigenvalue weighted by Crippen LogP contribution is 2.22. The number of likely N-dealkylation sites (tertiary alicyclic amines) is 1. The molecule has 2 aromatic carbocycles. The quantitative estimate of drug-likeness (QED) is 0.675. The van der Waals surface area contributed by atoms with Crippen LogP contribution < -0.4 is 5.32 Å². The number of anilines is 1. The van der Waals surface area contributed by atoms with Gasteiger partial charge < -0.3 is 10.2 Å². The maximum absolute atomic E-state index is 12.4. The van der Waals surface area contributed by atoms with Gasteiger partial charge in [0.15, 0.2) is 0 Å². The molecule has 3 rings (SSSR count). The molecule has 0 unspecified atom stereocenters. The first kappa shape index (κ1) is 17.6. The fourth-order valence-electron chi connectivity index (χ4n) is 3.05. The molecule has 0 aromatic heterocycles. The predicted octanol–water partition coefficient (Wildman–Crippen LogP) is 3.09. The van der Waals surface area contributed by atoms with Gasteiger partial charge in [-0.05, 0) is 31.0 Å². The molecule has 0 bridgehead atoms. The molecule has 1 saturated heterocycles. The zero-order valence-corrected chi connectivity index (χ0v) is 14.1. The highest BCUT2D eigenvalue weighted by atomic mass is 16.6. The van der Waals surface area contributed by atoms with Gasteiger partial charge in [-0.1, -0.05) is 24.3 Å². The van der Waals surface area contributed by atoms with E-state index in [-0.39, 0.29) is 23.4 Å². The summed E-state index contributed by atoms with van der Waals surface area (Å²) in [5.41, 5.74) is 0.991. The molecule has 0 saturated carbocycles. The zero-order valence-electron chi connectivity index (χ0n) is 14.1. The number of nitro groups is 1. The minimum Gasteiger partial charge on any atom is -0.339 e. The third-order valence-corrected chi connectivity index (χ3v) is 4.50. The number of non-ortho nitro benzene ring substituents is 1. The van der Waals surface area contributed by atoms with Gasteiger partial charge in [-0.15, -0.1) is 0 Å². The molecule has 0 atom stereocenters. The average Bonchev–Trinajstić information content (AvgIpc) is 2.68. The van der Waals surface area contributed by atoms with E-state index in [9.17, 15) is 19.7 Å². The summed E-state index contributed by atoms with van der Waals surface area (Å²) in [6, 6.07) is 15.0. The van der Waals surface area contributed by atoms with E-state index in [1.165, 1.54) is 18.2 Å². The summed E-state index contributed by atoms with van der Waals surface area (Å²) in [5, 5.41) is 13.5. The van der Waals surface area contributed by atoms with E-state index in [1.807, 2.05) is 18.2 Å². The number of hydrogen-bond acceptors (Lipinski definition) is 4. The van der Waals surface area contributed by atoms with Crippen molar-refractivity contribution in [2.45, 2.75) is 12.8 Å². The number of nitrogens with one attached hydrogen (secondary N) is 1. The Morgan fingerprint density at radius 3 is 2.38 bits per heavy atom. The molecule has 134 valence electrons. The van der Waals surface area contributed by atoms with Crippen molar-refractivity contribution in [3.8, 4) is 0 Å². The van der Waals surface area contributed by atoms with Crippen LogP contribution in [-0.2, 0) is 4.79 Å². The molecule has 2 aromatic rings. The van der Waals surface area contributed by atoms with Gasteiger partial charge in [0.25, 0.3) is 11.6 Å². The van der Waals surface area contributed by atoms with Crippen LogP contribution in [0.4, 0.5) is 11.4 Å². The summed E-state index contributed by atoms with van der Waals surface area (Å²) in [4.78, 5) is 36.9. The molecule has 7 heteroatoms. The van der Waals surface area contributed by atoms with Gasteiger partial charge in [0.1, 0.15) is 0 Å². The molecule has 1 N–H and O–H groups in total. The highest BCUT2D eigenvalue weighted by molar-refractivity contribution is 5.95. The van der Waals surface area contributed by atoms with Crippen molar-refractivity contribution >= 4 is 23.2 Å². The third-order valence-electron chi connectivity index (χ3n) is 4.50. The van der Waals surface area contributed by atoms with E-state index < -0.39 is 4.92 Å². The molecule has 1 fully saturated rings. The zero-order chi connectivity index (χ0) is 18.5. The van der Waals surface area contributed by atoms with Crippen LogP contribution in [-0.4, -0.2) is 34.7 Å². The van der Waals surface area contributed by atoms with Gasteiger partial charge in [-0.3, -0.25) is 19.7 Å². The minimum atomic E-state index is -0.497. The predicted molar refractivity (Wildman–Crippen MR) is 96.8 cm³/mol. The van der Waals surface area contributed by atoms with Crippen LogP contribution in [0.1, 0.15) is 23.2 Å². The Morgan fingerprint density at radius 1 is 1.04 bits per heavy atom. The van der Waals surface area contributed by atoms with Crippen molar-refractivity contribution in [1.29, 1.82) is 0 Å². The SMILES string of the molecule is O=C(Nc1cccc([N+](=O)[O-])c1)C1CCN(C(=O)c2ccccc2)CC1. The highest BCUT2D eigenvalue weighted by Gasteiger charge is 2.28. The summed E-state index contributed by atoms with van der Waals surface area (Å²) < 4.78 is 0. The average molecular weight is 353 g/mol. The molecular weight excluding hydrogens is 334 g/mol. The summed E-state index contributed by atoms with van der Waals surface area (Å²) in [5.74, 6) is -0.408. The molecule has 0 aliphatic carbocycles. The van der Waals surface area contributed by atoms with E-state index in [2.05, 4.69) is 5.32 Å². The van der Waals surface area contributed by atoms with Crippen molar-refractivity contribution in [1.82, 2.24) is 4.90 Å². The van der Waals surface area contributed by atoms with E-state index in [1.54, 1.807) is 23.1 Å². The molecule has 1 heterocycles. The third kappa shape index (κ3) is 4.05. The van der Waals surface area contributed by atoms with Crippen LogP contribution in [0.2, 0.25) is 0 Å². The van der Waals surface area contributed by atoms with Crippen LogP contribution in [0.3, 0.4) is 0 Å². The molecule has 1 aliphatic heterocycles. The summed E-state index contributed by atoms with van der Waals surface area (Å²) in [6.07, 6.45) is 1.14. The van der Waals surface area contributed by atoms with E-state index in [0.717, 1.165) is 0 Å². The van der Waals surface area contributed by atoms with E-state index in [4.69, 9.17) is 0 Å². The number of benzene rings is 2. The molecule has 2 amide bonds. The number of nitrogens with zero attached hydrogens (tertiary/aromatic N) is 2. The number of piperidine rings is 1. The molecule has 1 aliphatic rings. The number of carbonyl (C=O) groups is 2. The normalized spacial score (nSPS) is 14.7. The van der Waals surface area contributed by atoms with Crippen LogP contribution in [0.15, 0.2) is 54.6 Å². The van der Waals surface area contributed by atoms with Crippen molar-refractivity contribution in [2.24, 2.45) is 5.92 Å². The lowest BCUT2D eigenvalue weighted by atomic mass is 9.95. The van der Waals surface area contributed by atoms with Crippen LogP contribution in [0.5, 0.6) is 0 Å². The smallest absolute Gasteiger partial charge is 0.271 e. The lowest BCUT2D eigenvalue weighted by Crippen LogP contribution is -2.41. The lowest BCUT2D eigenvalue weighted by molar-refractivity contribution is -0.384. The number of rotatable bonds is 4. The van der Waals surface area contributed by atoms with E-state index in [0.29, 0.717) is 37.2 Å². The van der Waals surface area contributed by atoms with Gasteiger partial charge >= 0.3 is 0 Å². The Balaban J connectivity index is 1.56. The Morgan fingerprint density at radius 2 is 1.73 bits per heavy atom. The van der Waals surface area contributed by atoms with Crippen LogP contribution in [0.25, 0.3) is 0 Å². The van der Waals surface area contributed by atoms with Crippen molar-refractivity contribution < 1.29 is 14.5 Å². The van der Waals surface area contributed by atoms with Crippen molar-refractivity contribution in [3.63, 3.8) is 0 Å². The van der Waals surface area contributed by atoms with Gasteiger partial charge in [-0.25, -0.2) is 0 Å². The van der Waals surface area contributed by atoms with Gasteiger partial charge in [0.2, 0.25) is 5.91 Å². The largest absolute Gasteiger partial charge is 0.339 e. The second-order valence-corrected chi connectivity index (χ2v) is 6.23. The number of hydrogen-bond donors (Lipinski definition) is 1. The first-order valence-corrected chi connectivity index (χ1v) is 8.44. The first-order valence-electron chi connectivity index (χ1n) is 8.44. The monoisotopic (exact) mass is 353 g/mol. The van der Waals surface area contributed by atoms with Gasteiger partial charge in [-0.2, -0.15) is 0 Å². The Bertz CT molecular complexity index is 815. The summed E-state index contributed by atoms with van der Waals surface area (Å²) >= 11 is 0. The fraction of sp³-hybridized carbons (Fsp3) is 0.263. The Hall–Kier alpha value is -3.22. The molecule has 0 spiro atoms. The number of nitro benzene ring substituents is 1. The molecule has 7 nitrogen and oxygen atoms in total. The summed E-state index contributed by atoms with van der Waals surface area (Å²) in [6.45, 7) is 1.03. The number of carbonyl (C=O) groups excluding carboxylic acids is 2. The van der Waals surface area contributed by atoms with Gasteiger partial charge in [0, 0.05) is 42.4 Å². The van der Waals surface area contributed by atoms with Crippen molar-refractivity contribution in [3.05, 3.63) is 70.3 Å². The molecular formula is C19H19N3O4. The standard InChI is InChI=1S/C19H19N3O4/c23-18(20-16-7-4-8-17(13-16)22(25)26)14-9-11-21(12-10-14)19(24)15-5-2-1-3-6-15/h1-8,13-14H,9-12H2,(H,20,23). The molecule has 0 radical (unpaired) electrons. The van der Waals surface area contributed by atoms with Gasteiger partial charge in [0.05, 0.1) is 4.92 Å². The summed E-state index contributed by atoms with van der Waals surface area (Å²) in [7, 11) is 0. The van der Waals surface area contributed by atoms with Crippen LogP contribution in [0, 0.1) is 16.0 Å². The minimum absolute atomic E-state index is 0.0249. The fourth-order valence-corrected chi connectivity index (χ4v) is 3.05. The maximum atomic E-state index is 12.4. The van der Waals surface area contributed by atoms with Crippen molar-refractivity contribution in [2.75, 3.05) is 18.4 Å². The maximum Gasteiger partial charge on any atom is 0.271 e. The lowest BCUT2D eigenvalue weighted by Gasteiger charge is -2.31. The van der Waals surface area contributed by atoms with Crippen LogP contribution >= 0.6 is 0 Å². The second kappa shape index (κ2) is 7.77. The first-order chi connectivity index (χ1) is 12.5. The molecule has 26 heavy (non-hydrogen) atoms. The van der Waals surface area contributed by atoms with E-state index >= 15 is 0 Å². The second-order valence-electron chi connectivity index (χ2n) is 6.23. The Labute approximate surface area is 150 Å². The Kier molecular flexibility index (Phi) is 5.26. The number of amides is 2. The topological polar surface area (TPSA) is 92.5 Å².